The monoisotopic (exact) mass is 413 g/mol. The quantitative estimate of drug-likeness (QED) is 0.504. The van der Waals surface area contributed by atoms with Gasteiger partial charge in [-0.3, -0.25) is 10.2 Å². The molecule has 0 atom stereocenters. The van der Waals surface area contributed by atoms with Gasteiger partial charge in [0.25, 0.3) is 5.91 Å². The molecule has 9 heteroatoms. The molecule has 2 aromatic carbocycles. The van der Waals surface area contributed by atoms with Crippen molar-refractivity contribution < 1.29 is 28.9 Å². The van der Waals surface area contributed by atoms with Crippen molar-refractivity contribution in [1.29, 1.82) is 0 Å². The van der Waals surface area contributed by atoms with Crippen molar-refractivity contribution in [3.05, 3.63) is 53.6 Å². The lowest BCUT2D eigenvalue weighted by atomic mass is 10.2. The normalized spacial score (nSPS) is 13.8. The summed E-state index contributed by atoms with van der Waals surface area (Å²) in [5.74, 6) is -0.122. The van der Waals surface area contributed by atoms with Crippen LogP contribution in [0.15, 0.2) is 47.6 Å². The number of ether oxygens (including phenoxy) is 3. The number of hydrazone groups is 1. The summed E-state index contributed by atoms with van der Waals surface area (Å²) in [5.41, 5.74) is 4.45. The van der Waals surface area contributed by atoms with Crippen LogP contribution < -0.4 is 14.9 Å². The maximum Gasteiger partial charge on any atom is 0.335 e. The lowest BCUT2D eigenvalue weighted by Gasteiger charge is -2.26. The Kier molecular flexibility index (Phi) is 7.23. The number of nitrogens with zero attached hydrogens (tertiary/aromatic N) is 2. The molecule has 1 heterocycles. The summed E-state index contributed by atoms with van der Waals surface area (Å²) < 4.78 is 16.2. The van der Waals surface area contributed by atoms with E-state index in [1.165, 1.54) is 19.2 Å². The number of nitrogens with one attached hydrogen (secondary N) is 1. The van der Waals surface area contributed by atoms with Crippen LogP contribution in [0.4, 0.5) is 5.69 Å². The first kappa shape index (κ1) is 21.1. The molecule has 1 aliphatic rings. The van der Waals surface area contributed by atoms with Gasteiger partial charge in [-0.15, -0.1) is 0 Å². The van der Waals surface area contributed by atoms with E-state index in [1.54, 1.807) is 41.4 Å². The average molecular weight is 413 g/mol. The first-order valence-electron chi connectivity index (χ1n) is 9.35. The second kappa shape index (κ2) is 10.3. The third-order valence-corrected chi connectivity index (χ3v) is 4.44. The van der Waals surface area contributed by atoms with Crippen molar-refractivity contribution in [2.75, 3.05) is 45.4 Å². The smallest absolute Gasteiger partial charge is 0.335 e. The number of carboxylic acids is 1. The molecule has 0 radical (unpaired) electrons. The number of morpholine rings is 1. The lowest BCUT2D eigenvalue weighted by Crippen LogP contribution is -2.43. The number of carbonyl (C=O) groups excluding carboxylic acids is 1. The number of amides is 1. The molecule has 0 unspecified atom stereocenters. The standard InChI is InChI=1S/C21H23N3O6/c1-28-19-12-15(13-22-23-17-5-3-16(4-6-17)21(26)27)2-7-18(19)30-14-20(25)24-8-10-29-11-9-24/h2-7,12-13,23H,8-11,14H2,1H3,(H,26,27)/b22-13+. The molecule has 3 rings (SSSR count). The Hall–Kier alpha value is -3.59. The van der Waals surface area contributed by atoms with E-state index in [0.29, 0.717) is 43.5 Å². The van der Waals surface area contributed by atoms with Crippen molar-refractivity contribution in [2.45, 2.75) is 0 Å². The molecule has 0 spiro atoms. The van der Waals surface area contributed by atoms with E-state index >= 15 is 0 Å². The van der Waals surface area contributed by atoms with Gasteiger partial charge in [0.15, 0.2) is 18.1 Å². The van der Waals surface area contributed by atoms with Crippen LogP contribution in [0.3, 0.4) is 0 Å². The minimum Gasteiger partial charge on any atom is -0.493 e. The van der Waals surface area contributed by atoms with Gasteiger partial charge in [-0.05, 0) is 48.0 Å². The number of hydrogen-bond donors (Lipinski definition) is 2. The predicted molar refractivity (Wildman–Crippen MR) is 111 cm³/mol. The van der Waals surface area contributed by atoms with Crippen LogP contribution >= 0.6 is 0 Å². The van der Waals surface area contributed by atoms with E-state index in [-0.39, 0.29) is 18.1 Å². The van der Waals surface area contributed by atoms with E-state index < -0.39 is 5.97 Å². The van der Waals surface area contributed by atoms with E-state index in [1.807, 2.05) is 0 Å². The maximum atomic E-state index is 12.2. The van der Waals surface area contributed by atoms with Crippen molar-refractivity contribution in [3.8, 4) is 11.5 Å². The number of rotatable bonds is 8. The van der Waals surface area contributed by atoms with Crippen molar-refractivity contribution in [1.82, 2.24) is 4.90 Å². The fourth-order valence-electron chi connectivity index (χ4n) is 2.80. The van der Waals surface area contributed by atoms with Crippen LogP contribution in [0, 0.1) is 0 Å². The highest BCUT2D eigenvalue weighted by molar-refractivity contribution is 5.88. The molecule has 30 heavy (non-hydrogen) atoms. The second-order valence-electron chi connectivity index (χ2n) is 6.44. The van der Waals surface area contributed by atoms with Crippen molar-refractivity contribution >= 4 is 23.8 Å². The number of benzene rings is 2. The minimum atomic E-state index is -0.980. The van der Waals surface area contributed by atoms with Gasteiger partial charge in [0, 0.05) is 13.1 Å². The number of anilines is 1. The molecule has 0 aromatic heterocycles. The number of hydrogen-bond acceptors (Lipinski definition) is 7. The van der Waals surface area contributed by atoms with Gasteiger partial charge in [0.05, 0.1) is 37.8 Å². The molecule has 1 aliphatic heterocycles. The summed E-state index contributed by atoms with van der Waals surface area (Å²) in [6, 6.07) is 11.5. The van der Waals surface area contributed by atoms with Gasteiger partial charge < -0.3 is 24.2 Å². The molecular formula is C21H23N3O6. The van der Waals surface area contributed by atoms with Crippen LogP contribution in [-0.4, -0.2) is 68.1 Å². The minimum absolute atomic E-state index is 0.0717. The Morgan fingerprint density at radius 2 is 1.90 bits per heavy atom. The third kappa shape index (κ3) is 5.71. The van der Waals surface area contributed by atoms with E-state index in [9.17, 15) is 9.59 Å². The van der Waals surface area contributed by atoms with Gasteiger partial charge in [-0.25, -0.2) is 4.79 Å². The third-order valence-electron chi connectivity index (χ3n) is 4.44. The van der Waals surface area contributed by atoms with Crippen LogP contribution in [0.5, 0.6) is 11.5 Å². The van der Waals surface area contributed by atoms with Crippen molar-refractivity contribution in [2.24, 2.45) is 5.10 Å². The first-order chi connectivity index (χ1) is 14.6. The molecule has 9 nitrogen and oxygen atoms in total. The van der Waals surface area contributed by atoms with Crippen molar-refractivity contribution in [3.63, 3.8) is 0 Å². The molecule has 0 aliphatic carbocycles. The SMILES string of the molecule is COc1cc(/C=N/Nc2ccc(C(=O)O)cc2)ccc1OCC(=O)N1CCOCC1. The molecule has 1 amide bonds. The average Bonchev–Trinajstić information content (AvgIpc) is 2.78. The Bertz CT molecular complexity index is 907. The number of aromatic carboxylic acids is 1. The van der Waals surface area contributed by atoms with Crippen LogP contribution in [0.2, 0.25) is 0 Å². The molecule has 2 aromatic rings. The Labute approximate surface area is 173 Å². The first-order valence-corrected chi connectivity index (χ1v) is 9.35. The Morgan fingerprint density at radius 1 is 1.17 bits per heavy atom. The molecule has 1 fully saturated rings. The molecule has 2 N–H and O–H groups in total. The number of carbonyl (C=O) groups is 2. The Balaban J connectivity index is 1.57. The largest absolute Gasteiger partial charge is 0.493 e. The maximum absolute atomic E-state index is 12.2. The molecule has 158 valence electrons. The Morgan fingerprint density at radius 3 is 2.57 bits per heavy atom. The summed E-state index contributed by atoms with van der Waals surface area (Å²) in [6.07, 6.45) is 1.59. The highest BCUT2D eigenvalue weighted by atomic mass is 16.5. The fraction of sp³-hybridized carbons (Fsp3) is 0.286. The molecule has 1 saturated heterocycles. The van der Waals surface area contributed by atoms with Gasteiger partial charge in [-0.1, -0.05) is 0 Å². The summed E-state index contributed by atoms with van der Waals surface area (Å²) >= 11 is 0. The highest BCUT2D eigenvalue weighted by Gasteiger charge is 2.18. The number of methoxy groups -OCH3 is 1. The summed E-state index contributed by atoms with van der Waals surface area (Å²) in [5, 5.41) is 13.0. The van der Waals surface area contributed by atoms with Gasteiger partial charge >= 0.3 is 5.97 Å². The number of carboxylic acid groups (broad SMARTS) is 1. The zero-order chi connectivity index (χ0) is 21.3. The molecule has 0 saturated carbocycles. The van der Waals surface area contributed by atoms with Crippen LogP contribution in [0.25, 0.3) is 0 Å². The second-order valence-corrected chi connectivity index (χ2v) is 6.44. The topological polar surface area (TPSA) is 110 Å². The van der Waals surface area contributed by atoms with E-state index in [0.717, 1.165) is 5.56 Å². The summed E-state index contributed by atoms with van der Waals surface area (Å²) in [6.45, 7) is 2.15. The van der Waals surface area contributed by atoms with E-state index in [4.69, 9.17) is 19.3 Å². The van der Waals surface area contributed by atoms with Gasteiger partial charge in [0.2, 0.25) is 0 Å². The zero-order valence-corrected chi connectivity index (χ0v) is 16.5. The summed E-state index contributed by atoms with van der Waals surface area (Å²) in [4.78, 5) is 24.8. The lowest BCUT2D eigenvalue weighted by molar-refractivity contribution is -0.137. The fourth-order valence-corrected chi connectivity index (χ4v) is 2.80. The van der Waals surface area contributed by atoms with Gasteiger partial charge in [-0.2, -0.15) is 5.10 Å². The highest BCUT2D eigenvalue weighted by Crippen LogP contribution is 2.27. The van der Waals surface area contributed by atoms with Crippen LogP contribution in [-0.2, 0) is 9.53 Å². The van der Waals surface area contributed by atoms with Gasteiger partial charge in [0.1, 0.15) is 0 Å². The zero-order valence-electron chi connectivity index (χ0n) is 16.5. The summed E-state index contributed by atoms with van der Waals surface area (Å²) in [7, 11) is 1.52. The molecule has 0 bridgehead atoms. The van der Waals surface area contributed by atoms with Crippen LogP contribution in [0.1, 0.15) is 15.9 Å². The predicted octanol–water partition coefficient (Wildman–Crippen LogP) is 2.08. The molecular weight excluding hydrogens is 390 g/mol. The van der Waals surface area contributed by atoms with E-state index in [2.05, 4.69) is 10.5 Å².